The summed E-state index contributed by atoms with van der Waals surface area (Å²) in [6.07, 6.45) is 5.43. The molecule has 0 amide bonds. The number of rotatable bonds is 4. The number of nitrogens with one attached hydrogen (secondary N) is 1. The summed E-state index contributed by atoms with van der Waals surface area (Å²) >= 11 is 3.45. The van der Waals surface area contributed by atoms with Gasteiger partial charge in [0.05, 0.1) is 0 Å². The van der Waals surface area contributed by atoms with Gasteiger partial charge in [0.15, 0.2) is 0 Å². The van der Waals surface area contributed by atoms with E-state index in [0.29, 0.717) is 11.6 Å². The Bertz CT molecular complexity index is 456. The van der Waals surface area contributed by atoms with Crippen LogP contribution in [0.2, 0.25) is 0 Å². The number of ether oxygens (including phenoxy) is 1. The van der Waals surface area contributed by atoms with Crippen molar-refractivity contribution in [2.75, 3.05) is 26.2 Å². The predicted molar refractivity (Wildman–Crippen MR) is 89.9 cm³/mol. The van der Waals surface area contributed by atoms with Crippen LogP contribution in [0.25, 0.3) is 0 Å². The van der Waals surface area contributed by atoms with Crippen molar-refractivity contribution >= 4 is 15.9 Å². The van der Waals surface area contributed by atoms with Gasteiger partial charge in [-0.3, -0.25) is 4.90 Å². The number of benzene rings is 1. The standard InChI is InChI=1S/C17H25BrN2O/c1-14-12-20(17(13-19-14)8-2-3-9-17)10-11-21-16-6-4-15(18)5-7-16/h4-7,14,19H,2-3,8-13H2,1H3. The maximum absolute atomic E-state index is 5.92. The van der Waals surface area contributed by atoms with Crippen molar-refractivity contribution < 1.29 is 4.74 Å². The SMILES string of the molecule is CC1CN(CCOc2ccc(Br)cc2)C2(CCCC2)CN1. The first-order valence-corrected chi connectivity index (χ1v) is 8.84. The van der Waals surface area contributed by atoms with Crippen LogP contribution < -0.4 is 10.1 Å². The van der Waals surface area contributed by atoms with Crippen molar-refractivity contribution in [3.63, 3.8) is 0 Å². The predicted octanol–water partition coefficient (Wildman–Crippen LogP) is 3.43. The van der Waals surface area contributed by atoms with E-state index in [2.05, 4.69) is 33.1 Å². The first kappa shape index (κ1) is 15.3. The Labute approximate surface area is 136 Å². The summed E-state index contributed by atoms with van der Waals surface area (Å²) in [5, 5.41) is 3.67. The van der Waals surface area contributed by atoms with E-state index in [0.717, 1.165) is 36.5 Å². The van der Waals surface area contributed by atoms with Crippen LogP contribution in [0, 0.1) is 0 Å². The zero-order valence-electron chi connectivity index (χ0n) is 12.8. The van der Waals surface area contributed by atoms with E-state index < -0.39 is 0 Å². The molecule has 2 fully saturated rings. The van der Waals surface area contributed by atoms with Crippen LogP contribution in [-0.4, -0.2) is 42.7 Å². The van der Waals surface area contributed by atoms with Gasteiger partial charge in [-0.05, 0) is 44.0 Å². The lowest BCUT2D eigenvalue weighted by Crippen LogP contribution is -2.63. The van der Waals surface area contributed by atoms with Crippen LogP contribution in [0.4, 0.5) is 0 Å². The van der Waals surface area contributed by atoms with Crippen LogP contribution in [0.5, 0.6) is 5.75 Å². The summed E-state index contributed by atoms with van der Waals surface area (Å²) in [6, 6.07) is 8.69. The van der Waals surface area contributed by atoms with Gasteiger partial charge in [-0.1, -0.05) is 28.8 Å². The van der Waals surface area contributed by atoms with Crippen LogP contribution in [0.1, 0.15) is 32.6 Å². The molecule has 1 aliphatic carbocycles. The zero-order valence-corrected chi connectivity index (χ0v) is 14.4. The second kappa shape index (κ2) is 6.67. The molecular formula is C17H25BrN2O. The van der Waals surface area contributed by atoms with Crippen molar-refractivity contribution in [2.24, 2.45) is 0 Å². The maximum atomic E-state index is 5.92. The molecule has 1 aromatic rings. The van der Waals surface area contributed by atoms with Gasteiger partial charge in [-0.15, -0.1) is 0 Å². The minimum atomic E-state index is 0.398. The fraction of sp³-hybridized carbons (Fsp3) is 0.647. The molecule has 0 aromatic heterocycles. The molecule has 2 aliphatic rings. The molecule has 4 heteroatoms. The Hall–Kier alpha value is -0.580. The summed E-state index contributed by atoms with van der Waals surface area (Å²) in [5.74, 6) is 0.960. The van der Waals surface area contributed by atoms with E-state index >= 15 is 0 Å². The Balaban J connectivity index is 1.55. The summed E-state index contributed by atoms with van der Waals surface area (Å²) in [6.45, 7) is 6.37. The average Bonchev–Trinajstić information content (AvgIpc) is 2.95. The molecule has 3 rings (SSSR count). The normalized spacial score (nSPS) is 25.3. The van der Waals surface area contributed by atoms with Gasteiger partial charge in [-0.25, -0.2) is 0 Å². The summed E-state index contributed by atoms with van der Waals surface area (Å²) in [7, 11) is 0. The Kier molecular flexibility index (Phi) is 4.87. The van der Waals surface area contributed by atoms with Crippen LogP contribution in [0.3, 0.4) is 0 Å². The molecule has 1 aromatic carbocycles. The number of halogens is 1. The number of nitrogens with zero attached hydrogens (tertiary/aromatic N) is 1. The second-order valence-electron chi connectivity index (χ2n) is 6.46. The van der Waals surface area contributed by atoms with Crippen molar-refractivity contribution in [3.8, 4) is 5.75 Å². The van der Waals surface area contributed by atoms with E-state index in [4.69, 9.17) is 4.74 Å². The third-order valence-corrected chi connectivity index (χ3v) is 5.45. The molecule has 0 radical (unpaired) electrons. The summed E-state index contributed by atoms with van der Waals surface area (Å²) in [4.78, 5) is 2.68. The van der Waals surface area contributed by atoms with Crippen LogP contribution in [0.15, 0.2) is 28.7 Å². The largest absolute Gasteiger partial charge is 0.492 e. The van der Waals surface area contributed by atoms with Crippen molar-refractivity contribution in [1.82, 2.24) is 10.2 Å². The lowest BCUT2D eigenvalue weighted by atomic mass is 9.91. The van der Waals surface area contributed by atoms with E-state index in [1.54, 1.807) is 0 Å². The van der Waals surface area contributed by atoms with Gasteiger partial charge in [0.1, 0.15) is 12.4 Å². The Morgan fingerprint density at radius 3 is 2.71 bits per heavy atom. The highest BCUT2D eigenvalue weighted by molar-refractivity contribution is 9.10. The van der Waals surface area contributed by atoms with Gasteiger partial charge in [0.2, 0.25) is 0 Å². The van der Waals surface area contributed by atoms with E-state index in [9.17, 15) is 0 Å². The summed E-state index contributed by atoms with van der Waals surface area (Å²) < 4.78 is 7.01. The molecule has 1 saturated heterocycles. The molecule has 3 nitrogen and oxygen atoms in total. The van der Waals surface area contributed by atoms with Crippen molar-refractivity contribution in [1.29, 1.82) is 0 Å². The zero-order chi connectivity index (χ0) is 14.7. The average molecular weight is 353 g/mol. The molecule has 116 valence electrons. The highest BCUT2D eigenvalue weighted by Crippen LogP contribution is 2.36. The highest BCUT2D eigenvalue weighted by Gasteiger charge is 2.42. The molecule has 21 heavy (non-hydrogen) atoms. The number of piperazine rings is 1. The molecule has 1 N–H and O–H groups in total. The first-order valence-electron chi connectivity index (χ1n) is 8.05. The Morgan fingerprint density at radius 2 is 2.00 bits per heavy atom. The molecule has 1 unspecified atom stereocenters. The molecule has 1 aliphatic heterocycles. The van der Waals surface area contributed by atoms with Gasteiger partial charge in [-0.2, -0.15) is 0 Å². The maximum Gasteiger partial charge on any atom is 0.119 e. The summed E-state index contributed by atoms with van der Waals surface area (Å²) in [5.41, 5.74) is 0.398. The van der Waals surface area contributed by atoms with Crippen molar-refractivity contribution in [2.45, 2.75) is 44.2 Å². The van der Waals surface area contributed by atoms with Gasteiger partial charge in [0.25, 0.3) is 0 Å². The van der Waals surface area contributed by atoms with Crippen molar-refractivity contribution in [3.05, 3.63) is 28.7 Å². The third kappa shape index (κ3) is 3.61. The fourth-order valence-electron chi connectivity index (χ4n) is 3.72. The second-order valence-corrected chi connectivity index (χ2v) is 7.38. The van der Waals surface area contributed by atoms with Crippen LogP contribution in [-0.2, 0) is 0 Å². The molecular weight excluding hydrogens is 328 g/mol. The number of hydrogen-bond acceptors (Lipinski definition) is 3. The van der Waals surface area contributed by atoms with E-state index in [1.807, 2.05) is 24.3 Å². The number of hydrogen-bond donors (Lipinski definition) is 1. The van der Waals surface area contributed by atoms with Crippen LogP contribution >= 0.6 is 15.9 Å². The molecule has 1 heterocycles. The third-order valence-electron chi connectivity index (χ3n) is 4.92. The Morgan fingerprint density at radius 1 is 1.29 bits per heavy atom. The monoisotopic (exact) mass is 352 g/mol. The minimum absolute atomic E-state index is 0.398. The highest BCUT2D eigenvalue weighted by atomic mass is 79.9. The minimum Gasteiger partial charge on any atom is -0.492 e. The smallest absolute Gasteiger partial charge is 0.119 e. The lowest BCUT2D eigenvalue weighted by molar-refractivity contribution is 0.0352. The van der Waals surface area contributed by atoms with Gasteiger partial charge < -0.3 is 10.1 Å². The van der Waals surface area contributed by atoms with Gasteiger partial charge >= 0.3 is 0 Å². The van der Waals surface area contributed by atoms with E-state index in [-0.39, 0.29) is 0 Å². The first-order chi connectivity index (χ1) is 10.2. The van der Waals surface area contributed by atoms with Gasteiger partial charge in [0, 0.05) is 35.7 Å². The fourth-order valence-corrected chi connectivity index (χ4v) is 3.99. The lowest BCUT2D eigenvalue weighted by Gasteiger charge is -2.47. The quantitative estimate of drug-likeness (QED) is 0.898. The molecule has 0 bridgehead atoms. The van der Waals surface area contributed by atoms with E-state index in [1.165, 1.54) is 25.7 Å². The molecule has 1 spiro atoms. The topological polar surface area (TPSA) is 24.5 Å². The molecule has 1 saturated carbocycles. The molecule has 1 atom stereocenters.